The highest BCUT2D eigenvalue weighted by molar-refractivity contribution is 7.99. The maximum absolute atomic E-state index is 11.4. The van der Waals surface area contributed by atoms with Crippen molar-refractivity contribution in [2.45, 2.75) is 37.0 Å². The lowest BCUT2D eigenvalue weighted by Gasteiger charge is -2.15. The van der Waals surface area contributed by atoms with E-state index in [-0.39, 0.29) is 18.1 Å². The number of hydrogen-bond donors (Lipinski definition) is 2. The van der Waals surface area contributed by atoms with Crippen LogP contribution in [-0.2, 0) is 28.8 Å². The van der Waals surface area contributed by atoms with E-state index < -0.39 is 0 Å². The third kappa shape index (κ3) is 7.80. The third-order valence-corrected chi connectivity index (χ3v) is 6.26. The summed E-state index contributed by atoms with van der Waals surface area (Å²) in [7, 11) is 1.36. The van der Waals surface area contributed by atoms with Crippen LogP contribution in [0.3, 0.4) is 0 Å². The number of allylic oxidation sites excluding steroid dienone is 1. The molecular weight excluding hydrogens is 450 g/mol. The molecule has 0 saturated heterocycles. The average Bonchev–Trinajstić information content (AvgIpc) is 2.78. The predicted octanol–water partition coefficient (Wildman–Crippen LogP) is 5.44. The number of rotatable bonds is 13. The number of phenolic OH excluding ortho intramolecular Hbond substituents is 1. The first-order valence-corrected chi connectivity index (χ1v) is 11.6. The van der Waals surface area contributed by atoms with Gasteiger partial charge in [-0.3, -0.25) is 4.79 Å². The maximum atomic E-state index is 11.4. The van der Waals surface area contributed by atoms with Crippen LogP contribution in [0.1, 0.15) is 29.5 Å². The highest BCUT2D eigenvalue weighted by Gasteiger charge is 2.13. The number of aromatic hydroxyl groups is 1. The molecule has 2 N–H and O–H groups in total. The molecule has 2 aromatic rings. The van der Waals surface area contributed by atoms with Crippen LogP contribution in [0.2, 0.25) is 5.02 Å². The first kappa shape index (κ1) is 25.6. The molecule has 2 rings (SSSR count). The number of oxime groups is 1. The summed E-state index contributed by atoms with van der Waals surface area (Å²) >= 11 is 7.95. The molecule has 0 aliphatic heterocycles. The zero-order valence-corrected chi connectivity index (χ0v) is 19.6. The molecular formula is C24H28ClNO5S. The van der Waals surface area contributed by atoms with Gasteiger partial charge < -0.3 is 19.8 Å². The molecule has 0 saturated carbocycles. The van der Waals surface area contributed by atoms with Gasteiger partial charge in [-0.1, -0.05) is 29.8 Å². The average molecular weight is 478 g/mol. The Hall–Kier alpha value is -2.64. The number of esters is 1. The van der Waals surface area contributed by atoms with E-state index in [1.807, 2.05) is 24.3 Å². The quantitative estimate of drug-likeness (QED) is 0.0759. The van der Waals surface area contributed by atoms with Crippen LogP contribution in [0.5, 0.6) is 11.5 Å². The molecule has 0 fully saturated rings. The molecule has 6 nitrogen and oxygen atoms in total. The van der Waals surface area contributed by atoms with Gasteiger partial charge in [0.15, 0.2) is 0 Å². The van der Waals surface area contributed by atoms with Crippen LogP contribution < -0.4 is 4.74 Å². The number of benzene rings is 2. The first-order chi connectivity index (χ1) is 15.5. The Morgan fingerprint density at radius 3 is 2.81 bits per heavy atom. The number of carbonyl (C=O) groups is 1. The van der Waals surface area contributed by atoms with Crippen LogP contribution >= 0.6 is 23.4 Å². The van der Waals surface area contributed by atoms with Gasteiger partial charge in [0, 0.05) is 22.4 Å². The molecule has 8 heteroatoms. The van der Waals surface area contributed by atoms with Gasteiger partial charge in [-0.05, 0) is 55.0 Å². The normalized spacial score (nSPS) is 10.9. The minimum absolute atomic E-state index is 0.196. The fraction of sp³-hybridized carbons (Fsp3) is 0.333. The summed E-state index contributed by atoms with van der Waals surface area (Å²) in [5, 5.41) is 22.7. The second-order valence-corrected chi connectivity index (χ2v) is 8.49. The van der Waals surface area contributed by atoms with Crippen LogP contribution in [0.25, 0.3) is 0 Å². The summed E-state index contributed by atoms with van der Waals surface area (Å²) in [5.74, 6) is 1.34. The largest absolute Gasteiger partial charge is 0.507 e. The minimum Gasteiger partial charge on any atom is -0.507 e. The number of hydrogen-bond acceptors (Lipinski definition) is 7. The van der Waals surface area contributed by atoms with Gasteiger partial charge in [-0.15, -0.1) is 23.5 Å². The second kappa shape index (κ2) is 13.7. The Morgan fingerprint density at radius 2 is 2.12 bits per heavy atom. The molecule has 172 valence electrons. The molecule has 0 unspecified atom stereocenters. The van der Waals surface area contributed by atoms with Crippen LogP contribution in [-0.4, -0.2) is 42.0 Å². The summed E-state index contributed by atoms with van der Waals surface area (Å²) < 4.78 is 10.6. The van der Waals surface area contributed by atoms with E-state index in [0.29, 0.717) is 42.2 Å². The fourth-order valence-electron chi connectivity index (χ4n) is 3.06. The van der Waals surface area contributed by atoms with Crippen LogP contribution in [0.4, 0.5) is 0 Å². The zero-order valence-electron chi connectivity index (χ0n) is 18.1. The second-order valence-electron chi connectivity index (χ2n) is 6.95. The number of nitrogens with zero attached hydrogens (tertiary/aromatic N) is 1. The van der Waals surface area contributed by atoms with E-state index in [1.54, 1.807) is 23.9 Å². The number of halogens is 1. The van der Waals surface area contributed by atoms with E-state index in [0.717, 1.165) is 28.2 Å². The van der Waals surface area contributed by atoms with Crippen LogP contribution in [0, 0.1) is 0 Å². The third-order valence-electron chi connectivity index (χ3n) is 4.67. The number of aryl methyl sites for hydroxylation is 1. The van der Waals surface area contributed by atoms with Gasteiger partial charge in [-0.2, -0.15) is 0 Å². The zero-order chi connectivity index (χ0) is 23.3. The number of methoxy groups -OCH3 is 1. The maximum Gasteiger partial charge on any atom is 0.309 e. The molecule has 0 amide bonds. The van der Waals surface area contributed by atoms with Crippen molar-refractivity contribution in [2.24, 2.45) is 5.16 Å². The molecule has 0 spiro atoms. The molecule has 0 heterocycles. The van der Waals surface area contributed by atoms with E-state index in [9.17, 15) is 9.90 Å². The first-order valence-electron chi connectivity index (χ1n) is 10.2. The fourth-order valence-corrected chi connectivity index (χ4v) is 4.27. The lowest BCUT2D eigenvalue weighted by molar-refractivity contribution is -0.139. The molecule has 32 heavy (non-hydrogen) atoms. The number of phenols is 1. The molecule has 0 bridgehead atoms. The minimum atomic E-state index is -0.299. The molecule has 0 atom stereocenters. The van der Waals surface area contributed by atoms with Crippen molar-refractivity contribution in [2.75, 3.05) is 19.5 Å². The smallest absolute Gasteiger partial charge is 0.309 e. The summed E-state index contributed by atoms with van der Waals surface area (Å²) in [6, 6.07) is 9.25. The molecule has 2 aromatic carbocycles. The SMILES string of the molecule is C=CCc1c(OCCCSc2ccc(CC(=O)OC)cc2Cl)ccc(CCC=NO)c1O. The van der Waals surface area contributed by atoms with E-state index in [4.69, 9.17) is 21.5 Å². The Kier molecular flexibility index (Phi) is 11.0. The number of thioether (sulfide) groups is 1. The van der Waals surface area contributed by atoms with Gasteiger partial charge in [0.1, 0.15) is 11.5 Å². The topological polar surface area (TPSA) is 88.4 Å². The van der Waals surface area contributed by atoms with Crippen molar-refractivity contribution >= 4 is 35.5 Å². The van der Waals surface area contributed by atoms with Crippen molar-refractivity contribution in [1.82, 2.24) is 0 Å². The summed E-state index contributed by atoms with van der Waals surface area (Å²) in [4.78, 5) is 12.3. The van der Waals surface area contributed by atoms with Gasteiger partial charge in [0.05, 0.1) is 25.2 Å². The lowest BCUT2D eigenvalue weighted by atomic mass is 10.0. The van der Waals surface area contributed by atoms with Gasteiger partial charge in [0.2, 0.25) is 0 Å². The Labute approximate surface area is 197 Å². The Morgan fingerprint density at radius 1 is 1.31 bits per heavy atom. The summed E-state index contributed by atoms with van der Waals surface area (Å²) in [6.45, 7) is 4.25. The Bertz CT molecular complexity index is 948. The van der Waals surface area contributed by atoms with Crippen molar-refractivity contribution in [1.29, 1.82) is 0 Å². The highest BCUT2D eigenvalue weighted by Crippen LogP contribution is 2.33. The Balaban J connectivity index is 1.88. The van der Waals surface area contributed by atoms with Gasteiger partial charge in [-0.25, -0.2) is 0 Å². The lowest BCUT2D eigenvalue weighted by Crippen LogP contribution is -2.04. The van der Waals surface area contributed by atoms with Crippen molar-refractivity contribution in [3.8, 4) is 11.5 Å². The standard InChI is InChI=1S/C24H28ClNO5S/c1-3-6-19-21(10-9-18(24(19)28)7-4-12-26-29)31-13-5-14-32-22-11-8-17(15-20(22)25)16-23(27)30-2/h3,8-12,15,28-29H,1,4-7,13-14,16H2,2H3. The van der Waals surface area contributed by atoms with Gasteiger partial charge in [0.25, 0.3) is 0 Å². The predicted molar refractivity (Wildman–Crippen MR) is 129 cm³/mol. The van der Waals surface area contributed by atoms with Crippen molar-refractivity contribution < 1.29 is 24.6 Å². The summed E-state index contributed by atoms with van der Waals surface area (Å²) in [5.41, 5.74) is 2.29. The molecule has 0 radical (unpaired) electrons. The van der Waals surface area contributed by atoms with Crippen LogP contribution in [0.15, 0.2) is 53.0 Å². The molecule has 0 aromatic heterocycles. The van der Waals surface area contributed by atoms with E-state index >= 15 is 0 Å². The number of carbonyl (C=O) groups excluding carboxylic acids is 1. The molecule has 0 aliphatic carbocycles. The summed E-state index contributed by atoms with van der Waals surface area (Å²) in [6.07, 6.45) is 5.69. The highest BCUT2D eigenvalue weighted by atomic mass is 35.5. The van der Waals surface area contributed by atoms with Crippen molar-refractivity contribution in [3.63, 3.8) is 0 Å². The van der Waals surface area contributed by atoms with Gasteiger partial charge >= 0.3 is 5.97 Å². The monoisotopic (exact) mass is 477 g/mol. The molecule has 0 aliphatic rings. The van der Waals surface area contributed by atoms with E-state index in [1.165, 1.54) is 13.3 Å². The number of ether oxygens (including phenoxy) is 2. The van der Waals surface area contributed by atoms with E-state index in [2.05, 4.69) is 16.5 Å². The van der Waals surface area contributed by atoms with Crippen molar-refractivity contribution in [3.05, 3.63) is 64.7 Å².